The molecular weight excluding hydrogens is 312 g/mol. The van der Waals surface area contributed by atoms with Gasteiger partial charge in [0.25, 0.3) is 0 Å². The summed E-state index contributed by atoms with van der Waals surface area (Å²) < 4.78 is 27.3. The molecule has 1 aromatic carbocycles. The SMILES string of the molecule is COc1ccc(CO[C@@H](C)C(=O)/C=C/C23OCC(CO2)CO3)cc1. The third-order valence-electron chi connectivity index (χ3n) is 4.07. The van der Waals surface area contributed by atoms with E-state index in [9.17, 15) is 4.79 Å². The molecule has 0 saturated carbocycles. The smallest absolute Gasteiger partial charge is 0.305 e. The van der Waals surface area contributed by atoms with E-state index in [2.05, 4.69) is 0 Å². The number of rotatable bonds is 7. The highest BCUT2D eigenvalue weighted by atomic mass is 16.9. The molecule has 130 valence electrons. The fraction of sp³-hybridized carbons (Fsp3) is 0.500. The number of benzene rings is 1. The molecule has 0 N–H and O–H groups in total. The van der Waals surface area contributed by atoms with Gasteiger partial charge in [-0.25, -0.2) is 0 Å². The lowest BCUT2D eigenvalue weighted by Gasteiger charge is -2.43. The molecule has 0 aliphatic carbocycles. The van der Waals surface area contributed by atoms with Crippen LogP contribution < -0.4 is 4.74 Å². The summed E-state index contributed by atoms with van der Waals surface area (Å²) in [6, 6.07) is 7.52. The van der Waals surface area contributed by atoms with Gasteiger partial charge in [0.1, 0.15) is 11.9 Å². The third kappa shape index (κ3) is 4.02. The summed E-state index contributed by atoms with van der Waals surface area (Å²) in [5.74, 6) is -0.309. The topological polar surface area (TPSA) is 63.2 Å². The van der Waals surface area contributed by atoms with Crippen molar-refractivity contribution < 1.29 is 28.5 Å². The number of carbonyl (C=O) groups excluding carboxylic acids is 1. The van der Waals surface area contributed by atoms with E-state index in [1.54, 1.807) is 14.0 Å². The van der Waals surface area contributed by atoms with Crippen molar-refractivity contribution in [2.45, 2.75) is 25.6 Å². The van der Waals surface area contributed by atoms with Crippen LogP contribution in [0.1, 0.15) is 12.5 Å². The molecule has 2 bridgehead atoms. The Hall–Kier alpha value is -1.73. The van der Waals surface area contributed by atoms with E-state index in [1.807, 2.05) is 24.3 Å². The van der Waals surface area contributed by atoms with Gasteiger partial charge in [-0.1, -0.05) is 12.1 Å². The lowest BCUT2D eigenvalue weighted by molar-refractivity contribution is -0.422. The molecule has 3 saturated heterocycles. The number of ketones is 1. The molecule has 1 aromatic rings. The Labute approximate surface area is 141 Å². The van der Waals surface area contributed by atoms with Crippen LogP contribution in [0.3, 0.4) is 0 Å². The molecule has 0 radical (unpaired) electrons. The zero-order chi connectivity index (χ0) is 17.0. The van der Waals surface area contributed by atoms with Crippen molar-refractivity contribution in [1.29, 1.82) is 0 Å². The Balaban J connectivity index is 1.49. The van der Waals surface area contributed by atoms with E-state index >= 15 is 0 Å². The summed E-state index contributed by atoms with van der Waals surface area (Å²) in [5.41, 5.74) is 0.971. The number of carbonyl (C=O) groups is 1. The Morgan fingerprint density at radius 1 is 1.25 bits per heavy atom. The predicted octanol–water partition coefficient (Wildman–Crippen LogP) is 2.07. The summed E-state index contributed by atoms with van der Waals surface area (Å²) in [4.78, 5) is 12.2. The van der Waals surface area contributed by atoms with Gasteiger partial charge in [0, 0.05) is 12.0 Å². The molecule has 3 heterocycles. The van der Waals surface area contributed by atoms with Crippen LogP contribution >= 0.6 is 0 Å². The predicted molar refractivity (Wildman–Crippen MR) is 85.5 cm³/mol. The monoisotopic (exact) mass is 334 g/mol. The van der Waals surface area contributed by atoms with Gasteiger partial charge >= 0.3 is 5.97 Å². The van der Waals surface area contributed by atoms with Crippen LogP contribution in [-0.2, 0) is 30.3 Å². The van der Waals surface area contributed by atoms with Gasteiger partial charge in [-0.15, -0.1) is 0 Å². The first-order chi connectivity index (χ1) is 11.6. The summed E-state index contributed by atoms with van der Waals surface area (Å²) in [5, 5.41) is 0. The van der Waals surface area contributed by atoms with Crippen molar-refractivity contribution in [2.24, 2.45) is 5.92 Å². The quantitative estimate of drug-likeness (QED) is 0.712. The van der Waals surface area contributed by atoms with E-state index in [1.165, 1.54) is 12.2 Å². The molecule has 6 heteroatoms. The molecule has 24 heavy (non-hydrogen) atoms. The molecule has 4 rings (SSSR count). The van der Waals surface area contributed by atoms with Crippen molar-refractivity contribution in [2.75, 3.05) is 26.9 Å². The summed E-state index contributed by atoms with van der Waals surface area (Å²) in [6.45, 7) is 3.82. The standard InChI is InChI=1S/C18H22O6/c1-13(21-9-14-3-5-16(20-2)6-4-14)17(19)7-8-18-22-10-15(11-23-18)12-24-18/h3-8,13,15H,9-12H2,1-2H3/b8-7+/t13-,15?,18?/m0/s1. The highest BCUT2D eigenvalue weighted by Gasteiger charge is 2.42. The van der Waals surface area contributed by atoms with Gasteiger partial charge in [-0.3, -0.25) is 4.79 Å². The second-order valence-electron chi connectivity index (χ2n) is 5.94. The van der Waals surface area contributed by atoms with Gasteiger partial charge in [-0.05, 0) is 30.7 Å². The summed E-state index contributed by atoms with van der Waals surface area (Å²) in [6.07, 6.45) is 2.36. The number of hydrogen-bond donors (Lipinski definition) is 0. The third-order valence-corrected chi connectivity index (χ3v) is 4.07. The molecule has 3 aliphatic heterocycles. The average Bonchev–Trinajstić information content (AvgIpc) is 2.66. The zero-order valence-corrected chi connectivity index (χ0v) is 13.9. The van der Waals surface area contributed by atoms with Crippen LogP contribution in [0.25, 0.3) is 0 Å². The van der Waals surface area contributed by atoms with Gasteiger partial charge in [0.05, 0.1) is 33.5 Å². The highest BCUT2D eigenvalue weighted by Crippen LogP contribution is 2.31. The minimum atomic E-state index is -1.21. The molecule has 3 fully saturated rings. The summed E-state index contributed by atoms with van der Waals surface area (Å²) >= 11 is 0. The van der Waals surface area contributed by atoms with Crippen LogP contribution in [-0.4, -0.2) is 44.8 Å². The molecule has 0 unspecified atom stereocenters. The van der Waals surface area contributed by atoms with Gasteiger partial charge in [0.15, 0.2) is 5.78 Å². The normalized spacial score (nSPS) is 27.3. The molecular formula is C18H22O6. The van der Waals surface area contributed by atoms with Crippen molar-refractivity contribution in [3.8, 4) is 5.75 Å². The average molecular weight is 334 g/mol. The first-order valence-electron chi connectivity index (χ1n) is 8.00. The fourth-order valence-electron chi connectivity index (χ4n) is 2.46. The minimum Gasteiger partial charge on any atom is -0.497 e. The first-order valence-corrected chi connectivity index (χ1v) is 8.00. The molecule has 0 aromatic heterocycles. The Kier molecular flexibility index (Phi) is 5.30. The number of hydrogen-bond acceptors (Lipinski definition) is 6. The van der Waals surface area contributed by atoms with Crippen LogP contribution in [0.5, 0.6) is 5.75 Å². The van der Waals surface area contributed by atoms with Crippen LogP contribution in [0.4, 0.5) is 0 Å². The molecule has 0 amide bonds. The van der Waals surface area contributed by atoms with Gasteiger partial charge < -0.3 is 23.7 Å². The van der Waals surface area contributed by atoms with Crippen molar-refractivity contribution in [1.82, 2.24) is 0 Å². The van der Waals surface area contributed by atoms with Crippen LogP contribution in [0.15, 0.2) is 36.4 Å². The van der Waals surface area contributed by atoms with E-state index in [-0.39, 0.29) is 11.7 Å². The van der Waals surface area contributed by atoms with Crippen molar-refractivity contribution in [3.63, 3.8) is 0 Å². The minimum absolute atomic E-state index is 0.165. The molecule has 0 spiro atoms. The highest BCUT2D eigenvalue weighted by molar-refractivity contribution is 5.93. The second-order valence-corrected chi connectivity index (χ2v) is 5.94. The van der Waals surface area contributed by atoms with Crippen LogP contribution in [0.2, 0.25) is 0 Å². The molecule has 1 atom stereocenters. The Morgan fingerprint density at radius 3 is 2.46 bits per heavy atom. The zero-order valence-electron chi connectivity index (χ0n) is 13.9. The van der Waals surface area contributed by atoms with Crippen molar-refractivity contribution >= 4 is 5.78 Å². The Morgan fingerprint density at radius 2 is 1.88 bits per heavy atom. The van der Waals surface area contributed by atoms with Crippen LogP contribution in [0, 0.1) is 5.92 Å². The molecule has 6 nitrogen and oxygen atoms in total. The van der Waals surface area contributed by atoms with E-state index < -0.39 is 12.1 Å². The number of fused-ring (bicyclic) bond motifs is 3. The maximum atomic E-state index is 12.2. The Bertz CT molecular complexity index is 572. The number of methoxy groups -OCH3 is 1. The fourth-order valence-corrected chi connectivity index (χ4v) is 2.46. The largest absolute Gasteiger partial charge is 0.497 e. The second kappa shape index (κ2) is 7.44. The number of ether oxygens (including phenoxy) is 5. The van der Waals surface area contributed by atoms with E-state index in [0.717, 1.165) is 11.3 Å². The van der Waals surface area contributed by atoms with Gasteiger partial charge in [-0.2, -0.15) is 0 Å². The molecule has 3 aliphatic rings. The van der Waals surface area contributed by atoms with Gasteiger partial charge in [0.2, 0.25) is 0 Å². The maximum absolute atomic E-state index is 12.2. The first kappa shape index (κ1) is 17.1. The lowest BCUT2D eigenvalue weighted by Crippen LogP contribution is -2.52. The van der Waals surface area contributed by atoms with Crippen molar-refractivity contribution in [3.05, 3.63) is 42.0 Å². The maximum Gasteiger partial charge on any atom is 0.305 e. The lowest BCUT2D eigenvalue weighted by atomic mass is 10.1. The van der Waals surface area contributed by atoms with E-state index in [0.29, 0.717) is 26.4 Å². The van der Waals surface area contributed by atoms with E-state index in [4.69, 9.17) is 23.7 Å². The summed E-state index contributed by atoms with van der Waals surface area (Å²) in [7, 11) is 1.62.